The van der Waals surface area contributed by atoms with E-state index in [1.807, 2.05) is 6.92 Å². The smallest absolute Gasteiger partial charge is 0.223 e. The van der Waals surface area contributed by atoms with E-state index >= 15 is 0 Å². The topological polar surface area (TPSA) is 87.3 Å². The van der Waals surface area contributed by atoms with Crippen molar-refractivity contribution in [1.82, 2.24) is 9.97 Å². The van der Waals surface area contributed by atoms with Gasteiger partial charge in [0.25, 0.3) is 0 Å². The van der Waals surface area contributed by atoms with Gasteiger partial charge in [-0.25, -0.2) is 9.37 Å². The highest BCUT2D eigenvalue weighted by atomic mass is 35.5. The molecule has 0 saturated carbocycles. The van der Waals surface area contributed by atoms with E-state index in [0.29, 0.717) is 18.7 Å². The number of hydrogen-bond acceptors (Lipinski definition) is 6. The zero-order valence-corrected chi connectivity index (χ0v) is 14.7. The number of anilines is 3. The molecule has 134 valence electrons. The molecule has 8 heteroatoms. The lowest BCUT2D eigenvalue weighted by Gasteiger charge is -2.34. The lowest BCUT2D eigenvalue weighted by molar-refractivity contribution is 0.145. The van der Waals surface area contributed by atoms with Gasteiger partial charge in [0, 0.05) is 30.4 Å². The summed E-state index contributed by atoms with van der Waals surface area (Å²) >= 11 is 5.91. The van der Waals surface area contributed by atoms with Crippen molar-refractivity contribution in [3.63, 3.8) is 0 Å². The Morgan fingerprint density at radius 1 is 1.32 bits per heavy atom. The molecule has 1 aromatic heterocycles. The average molecular weight is 366 g/mol. The van der Waals surface area contributed by atoms with Crippen LogP contribution in [0.1, 0.15) is 31.4 Å². The molecule has 4 N–H and O–H groups in total. The number of aromatic nitrogens is 2. The van der Waals surface area contributed by atoms with Crippen LogP contribution in [-0.4, -0.2) is 34.3 Å². The van der Waals surface area contributed by atoms with Crippen LogP contribution in [0.5, 0.6) is 0 Å². The highest BCUT2D eigenvalue weighted by Gasteiger charge is 2.22. The van der Waals surface area contributed by atoms with Gasteiger partial charge in [0.15, 0.2) is 0 Å². The molecule has 0 aliphatic carbocycles. The van der Waals surface area contributed by atoms with Gasteiger partial charge in [-0.05, 0) is 38.0 Å². The fraction of sp³-hybridized carbons (Fsp3) is 0.412. The monoisotopic (exact) mass is 365 g/mol. The fourth-order valence-corrected chi connectivity index (χ4v) is 3.27. The number of aliphatic hydroxyl groups excluding tert-OH is 1. The lowest BCUT2D eigenvalue weighted by Crippen LogP contribution is -2.36. The van der Waals surface area contributed by atoms with Crippen LogP contribution in [0.15, 0.2) is 24.3 Å². The lowest BCUT2D eigenvalue weighted by atomic mass is 10.0. The first-order valence-corrected chi connectivity index (χ1v) is 8.59. The van der Waals surface area contributed by atoms with Crippen LogP contribution < -0.4 is 16.0 Å². The molecule has 0 unspecified atom stereocenters. The van der Waals surface area contributed by atoms with Gasteiger partial charge < -0.3 is 21.1 Å². The third-order valence-corrected chi connectivity index (χ3v) is 4.53. The van der Waals surface area contributed by atoms with Crippen molar-refractivity contribution in [3.05, 3.63) is 40.8 Å². The van der Waals surface area contributed by atoms with Crippen LogP contribution in [0, 0.1) is 5.82 Å². The van der Waals surface area contributed by atoms with Crippen LogP contribution >= 0.6 is 11.6 Å². The van der Waals surface area contributed by atoms with E-state index < -0.39 is 0 Å². The first-order valence-electron chi connectivity index (χ1n) is 8.21. The van der Waals surface area contributed by atoms with Gasteiger partial charge in [-0.1, -0.05) is 11.6 Å². The number of nitrogens with two attached hydrogens (primary N) is 1. The molecule has 1 atom stereocenters. The largest absolute Gasteiger partial charge is 0.393 e. The van der Waals surface area contributed by atoms with Crippen molar-refractivity contribution < 1.29 is 9.50 Å². The second-order valence-corrected chi connectivity index (χ2v) is 6.61. The number of nitrogens with one attached hydrogen (secondary N) is 1. The Hall–Kier alpha value is -2.12. The molecule has 6 nitrogen and oxygen atoms in total. The van der Waals surface area contributed by atoms with Crippen LogP contribution in [0.4, 0.5) is 21.8 Å². The minimum Gasteiger partial charge on any atom is -0.393 e. The highest BCUT2D eigenvalue weighted by molar-refractivity contribution is 6.29. The van der Waals surface area contributed by atoms with Gasteiger partial charge in [-0.3, -0.25) is 0 Å². The highest BCUT2D eigenvalue weighted by Crippen LogP contribution is 2.31. The summed E-state index contributed by atoms with van der Waals surface area (Å²) in [7, 11) is 0. The number of aliphatic hydroxyl groups is 1. The van der Waals surface area contributed by atoms with Crippen molar-refractivity contribution in [2.24, 2.45) is 0 Å². The summed E-state index contributed by atoms with van der Waals surface area (Å²) in [5, 5.41) is 13.1. The maximum absolute atomic E-state index is 13.9. The van der Waals surface area contributed by atoms with Crippen molar-refractivity contribution >= 4 is 29.1 Å². The molecular weight excluding hydrogens is 345 g/mol. The van der Waals surface area contributed by atoms with E-state index in [1.165, 1.54) is 12.1 Å². The second kappa shape index (κ2) is 7.41. The van der Waals surface area contributed by atoms with Crippen molar-refractivity contribution in [3.8, 4) is 0 Å². The van der Waals surface area contributed by atoms with Crippen molar-refractivity contribution in [2.75, 3.05) is 29.0 Å². The third kappa shape index (κ3) is 4.29. The van der Waals surface area contributed by atoms with Gasteiger partial charge in [-0.2, -0.15) is 4.98 Å². The predicted octanol–water partition coefficient (Wildman–Crippen LogP) is 2.99. The van der Waals surface area contributed by atoms with Crippen molar-refractivity contribution in [1.29, 1.82) is 0 Å². The van der Waals surface area contributed by atoms with E-state index in [9.17, 15) is 9.50 Å². The predicted molar refractivity (Wildman–Crippen MR) is 97.3 cm³/mol. The first-order chi connectivity index (χ1) is 11.9. The number of nitrogens with zero attached hydrogens (tertiary/aromatic N) is 3. The molecule has 0 bridgehead atoms. The Labute approximate surface area is 150 Å². The molecule has 1 saturated heterocycles. The second-order valence-electron chi connectivity index (χ2n) is 6.22. The van der Waals surface area contributed by atoms with Gasteiger partial charge in [-0.15, -0.1) is 0 Å². The Morgan fingerprint density at radius 2 is 2.04 bits per heavy atom. The molecule has 2 heterocycles. The summed E-state index contributed by atoms with van der Waals surface area (Å²) < 4.78 is 13.9. The molecule has 25 heavy (non-hydrogen) atoms. The number of halogens is 2. The summed E-state index contributed by atoms with van der Waals surface area (Å²) in [6.45, 7) is 3.39. The van der Waals surface area contributed by atoms with Gasteiger partial charge in [0.1, 0.15) is 16.8 Å². The van der Waals surface area contributed by atoms with Crippen LogP contribution in [0.3, 0.4) is 0 Å². The zero-order valence-electron chi connectivity index (χ0n) is 13.9. The third-order valence-electron chi connectivity index (χ3n) is 4.34. The Balaban J connectivity index is 1.86. The van der Waals surface area contributed by atoms with E-state index in [4.69, 9.17) is 17.3 Å². The molecule has 1 aliphatic rings. The number of piperidine rings is 1. The minimum atomic E-state index is -0.301. The van der Waals surface area contributed by atoms with E-state index in [-0.39, 0.29) is 29.1 Å². The molecule has 3 rings (SSSR count). The van der Waals surface area contributed by atoms with Gasteiger partial charge >= 0.3 is 0 Å². The van der Waals surface area contributed by atoms with Crippen LogP contribution in [-0.2, 0) is 0 Å². The normalized spacial score (nSPS) is 16.7. The summed E-state index contributed by atoms with van der Waals surface area (Å²) in [6, 6.07) is 6.11. The van der Waals surface area contributed by atoms with Gasteiger partial charge in [0.05, 0.1) is 12.1 Å². The summed E-state index contributed by atoms with van der Waals surface area (Å²) in [6.07, 6.45) is 1.15. The Morgan fingerprint density at radius 3 is 2.72 bits per heavy atom. The summed E-state index contributed by atoms with van der Waals surface area (Å²) in [4.78, 5) is 10.1. The molecule has 1 aliphatic heterocycles. The minimum absolute atomic E-state index is 0.0756. The molecule has 2 aromatic rings. The van der Waals surface area contributed by atoms with Crippen LogP contribution in [0.2, 0.25) is 5.15 Å². The van der Waals surface area contributed by atoms with E-state index in [1.54, 1.807) is 12.1 Å². The molecule has 0 amide bonds. The molecule has 1 fully saturated rings. The summed E-state index contributed by atoms with van der Waals surface area (Å²) in [5.41, 5.74) is 7.37. The number of benzene rings is 1. The number of hydrogen-bond donors (Lipinski definition) is 3. The van der Waals surface area contributed by atoms with E-state index in [2.05, 4.69) is 20.2 Å². The summed E-state index contributed by atoms with van der Waals surface area (Å²) in [5.74, 6) is 0.255. The van der Waals surface area contributed by atoms with E-state index in [0.717, 1.165) is 24.3 Å². The van der Waals surface area contributed by atoms with Crippen LogP contribution in [0.25, 0.3) is 0 Å². The number of rotatable bonds is 4. The quantitative estimate of drug-likeness (QED) is 0.722. The first kappa shape index (κ1) is 17.7. The molecular formula is C17H21ClFN5O. The maximum Gasteiger partial charge on any atom is 0.223 e. The Bertz CT molecular complexity index is 732. The molecule has 0 radical (unpaired) electrons. The molecule has 0 spiro atoms. The van der Waals surface area contributed by atoms with Crippen molar-refractivity contribution in [2.45, 2.75) is 31.9 Å². The molecule has 1 aromatic carbocycles. The maximum atomic E-state index is 13.9. The standard InChI is InChI=1S/C17H21ClFN5O/c1-10(21-16-9-15(18)22-17(20)23-16)13-8-11(19)2-3-14(13)24-6-4-12(25)5-7-24/h2-3,8-10,12,25H,4-7H2,1H3,(H3,20,21,22,23)/t10-/m0/s1. The number of nitrogen functional groups attached to an aromatic ring is 1. The Kier molecular flexibility index (Phi) is 5.24. The van der Waals surface area contributed by atoms with Gasteiger partial charge in [0.2, 0.25) is 5.95 Å². The fourth-order valence-electron chi connectivity index (χ4n) is 3.08. The zero-order chi connectivity index (χ0) is 18.0. The average Bonchev–Trinajstić information content (AvgIpc) is 2.54. The SMILES string of the molecule is C[C@H](Nc1cc(Cl)nc(N)n1)c1cc(F)ccc1N1CCC(O)CC1.